The monoisotopic (exact) mass is 403 g/mol. The van der Waals surface area contributed by atoms with Crippen LogP contribution in [0.5, 0.6) is 5.88 Å². The van der Waals surface area contributed by atoms with E-state index >= 15 is 0 Å². The number of nitrogens with one attached hydrogen (secondary N) is 1. The molecule has 2 N–H and O–H groups in total. The molecule has 0 unspecified atom stereocenters. The van der Waals surface area contributed by atoms with Crippen molar-refractivity contribution in [3.05, 3.63) is 79.1 Å². The van der Waals surface area contributed by atoms with E-state index in [0.29, 0.717) is 11.4 Å². The Labute approximate surface area is 164 Å². The molecule has 0 saturated heterocycles. The van der Waals surface area contributed by atoms with Gasteiger partial charge >= 0.3 is 0 Å². The van der Waals surface area contributed by atoms with Crippen molar-refractivity contribution in [3.63, 3.8) is 0 Å². The van der Waals surface area contributed by atoms with E-state index in [4.69, 9.17) is 23.8 Å². The normalized spacial score (nSPS) is 11.3. The van der Waals surface area contributed by atoms with Gasteiger partial charge in [0.1, 0.15) is 11.4 Å². The number of hydrogen-bond donors (Lipinski definition) is 2. The van der Waals surface area contributed by atoms with Crippen molar-refractivity contribution in [1.29, 1.82) is 0 Å². The lowest BCUT2D eigenvalue weighted by molar-refractivity contribution is 0.432. The predicted octanol–water partition coefficient (Wildman–Crippen LogP) is 4.76. The zero-order valence-electron chi connectivity index (χ0n) is 14.5. The molecule has 0 aliphatic rings. The van der Waals surface area contributed by atoms with Crippen LogP contribution in [0.3, 0.4) is 0 Å². The van der Waals surface area contributed by atoms with E-state index in [9.17, 15) is 14.3 Å². The molecule has 2 aromatic carbocycles. The number of aryl methyl sites for hydroxylation is 2. The molecule has 1 heterocycles. The lowest BCUT2D eigenvalue weighted by atomic mass is 10.1. The number of H-pyrrole nitrogens is 1. The van der Waals surface area contributed by atoms with Crippen LogP contribution in [0.2, 0.25) is 5.02 Å². The Hall–Kier alpha value is -2.77. The topological polar surface area (TPSA) is 70.4 Å². The van der Waals surface area contributed by atoms with Crippen molar-refractivity contribution in [2.24, 2.45) is 4.99 Å². The summed E-state index contributed by atoms with van der Waals surface area (Å²) in [5.74, 6) is -1.02. The summed E-state index contributed by atoms with van der Waals surface area (Å²) in [6.07, 6.45) is 1.27. The summed E-state index contributed by atoms with van der Waals surface area (Å²) < 4.78 is 14.6. The highest BCUT2D eigenvalue weighted by molar-refractivity contribution is 7.71. The third-order valence-corrected chi connectivity index (χ3v) is 4.54. The van der Waals surface area contributed by atoms with Gasteiger partial charge < -0.3 is 5.11 Å². The average Bonchev–Trinajstić information content (AvgIpc) is 2.59. The highest BCUT2D eigenvalue weighted by Gasteiger charge is 2.14. The Kier molecular flexibility index (Phi) is 5.25. The highest BCUT2D eigenvalue weighted by atomic mass is 35.5. The molecule has 0 aliphatic carbocycles. The van der Waals surface area contributed by atoms with Gasteiger partial charge in [0, 0.05) is 6.21 Å². The van der Waals surface area contributed by atoms with Crippen molar-refractivity contribution in [2.45, 2.75) is 13.8 Å². The first kappa shape index (κ1) is 19.0. The van der Waals surface area contributed by atoms with Crippen LogP contribution in [-0.2, 0) is 0 Å². The number of hydrogen-bond acceptors (Lipinski definition) is 4. The first-order valence-corrected chi connectivity index (χ1v) is 8.71. The maximum atomic E-state index is 13.4. The summed E-state index contributed by atoms with van der Waals surface area (Å²) in [6.45, 7) is 3.87. The van der Waals surface area contributed by atoms with Gasteiger partial charge in [0.15, 0.2) is 4.77 Å². The molecule has 0 saturated carbocycles. The number of aromatic amines is 1. The Morgan fingerprint density at radius 1 is 1.26 bits per heavy atom. The second kappa shape index (κ2) is 7.46. The number of benzene rings is 2. The van der Waals surface area contributed by atoms with Gasteiger partial charge in [0.2, 0.25) is 5.88 Å². The minimum absolute atomic E-state index is 0.0520. The number of aromatic hydroxyl groups is 1. The molecule has 8 heteroatoms. The van der Waals surface area contributed by atoms with Crippen LogP contribution in [0, 0.1) is 24.4 Å². The van der Waals surface area contributed by atoms with Crippen LogP contribution in [0.4, 0.5) is 10.1 Å². The molecule has 0 bridgehead atoms. The minimum atomic E-state index is -0.604. The van der Waals surface area contributed by atoms with Crippen LogP contribution in [0.25, 0.3) is 5.69 Å². The number of aliphatic imine (C=N–C) groups is 1. The molecule has 0 amide bonds. The molecule has 138 valence electrons. The van der Waals surface area contributed by atoms with E-state index < -0.39 is 17.3 Å². The van der Waals surface area contributed by atoms with Gasteiger partial charge in [-0.05, 0) is 55.9 Å². The smallest absolute Gasteiger partial charge is 0.264 e. The molecular weight excluding hydrogens is 389 g/mol. The van der Waals surface area contributed by atoms with Crippen LogP contribution in [0.15, 0.2) is 46.2 Å². The summed E-state index contributed by atoms with van der Waals surface area (Å²) >= 11 is 10.9. The first-order valence-electron chi connectivity index (χ1n) is 7.93. The molecule has 0 spiro atoms. The van der Waals surface area contributed by atoms with Gasteiger partial charge in [-0.15, -0.1) is 0 Å². The Balaban J connectivity index is 2.14. The lowest BCUT2D eigenvalue weighted by Crippen LogP contribution is -2.18. The second-order valence-electron chi connectivity index (χ2n) is 5.98. The van der Waals surface area contributed by atoms with E-state index in [2.05, 4.69) is 9.98 Å². The van der Waals surface area contributed by atoms with Crippen molar-refractivity contribution in [3.8, 4) is 11.6 Å². The molecule has 0 fully saturated rings. The third-order valence-electron chi connectivity index (χ3n) is 3.97. The van der Waals surface area contributed by atoms with Crippen LogP contribution < -0.4 is 5.56 Å². The zero-order valence-corrected chi connectivity index (χ0v) is 16.0. The fourth-order valence-electron chi connectivity index (χ4n) is 2.60. The van der Waals surface area contributed by atoms with Gasteiger partial charge in [-0.25, -0.2) is 4.39 Å². The number of aromatic nitrogens is 2. The SMILES string of the molecule is Cc1ccc(N=Cc2c(O)n(-c3ccc(F)c(Cl)c3)c(=S)[nH]c2=O)c(C)c1. The fraction of sp³-hybridized carbons (Fsp3) is 0.105. The third kappa shape index (κ3) is 3.84. The Morgan fingerprint density at radius 3 is 2.67 bits per heavy atom. The fourth-order valence-corrected chi connectivity index (χ4v) is 3.06. The molecule has 0 atom stereocenters. The van der Waals surface area contributed by atoms with Gasteiger partial charge in [-0.2, -0.15) is 0 Å². The van der Waals surface area contributed by atoms with E-state index in [0.717, 1.165) is 17.2 Å². The van der Waals surface area contributed by atoms with Crippen molar-refractivity contribution in [1.82, 2.24) is 9.55 Å². The number of halogens is 2. The van der Waals surface area contributed by atoms with E-state index in [1.165, 1.54) is 22.9 Å². The van der Waals surface area contributed by atoms with Gasteiger partial charge in [0.25, 0.3) is 5.56 Å². The largest absolute Gasteiger partial charge is 0.494 e. The average molecular weight is 404 g/mol. The maximum absolute atomic E-state index is 13.4. The standard InChI is InChI=1S/C19H15ClFN3O2S/c1-10-3-6-16(11(2)7-10)22-9-13-17(25)23-19(27)24(18(13)26)12-4-5-15(21)14(20)8-12/h3-9,26H,1-2H3,(H,23,25,27). The number of nitrogens with zero attached hydrogens (tertiary/aromatic N) is 2. The first-order chi connectivity index (χ1) is 12.8. The Morgan fingerprint density at radius 2 is 2.00 bits per heavy atom. The highest BCUT2D eigenvalue weighted by Crippen LogP contribution is 2.24. The maximum Gasteiger partial charge on any atom is 0.264 e. The molecule has 0 radical (unpaired) electrons. The van der Waals surface area contributed by atoms with Gasteiger partial charge in [-0.1, -0.05) is 29.3 Å². The molecule has 3 rings (SSSR count). The zero-order chi connectivity index (χ0) is 19.7. The quantitative estimate of drug-likeness (QED) is 0.489. The van der Waals surface area contributed by atoms with Crippen LogP contribution in [-0.4, -0.2) is 20.9 Å². The molecule has 27 heavy (non-hydrogen) atoms. The number of rotatable bonds is 3. The Bertz CT molecular complexity index is 1180. The summed E-state index contributed by atoms with van der Waals surface area (Å²) in [7, 11) is 0. The second-order valence-corrected chi connectivity index (χ2v) is 6.77. The molecule has 5 nitrogen and oxygen atoms in total. The summed E-state index contributed by atoms with van der Waals surface area (Å²) in [5.41, 5.74) is 2.33. The lowest BCUT2D eigenvalue weighted by Gasteiger charge is -2.11. The summed E-state index contributed by atoms with van der Waals surface area (Å²) in [4.78, 5) is 19.0. The minimum Gasteiger partial charge on any atom is -0.494 e. The van der Waals surface area contributed by atoms with Crippen LogP contribution >= 0.6 is 23.8 Å². The van der Waals surface area contributed by atoms with E-state index in [1.807, 2.05) is 32.0 Å². The van der Waals surface area contributed by atoms with Crippen LogP contribution in [0.1, 0.15) is 16.7 Å². The summed E-state index contributed by atoms with van der Waals surface area (Å²) in [5, 5.41) is 10.5. The van der Waals surface area contributed by atoms with Crippen molar-refractivity contribution in [2.75, 3.05) is 0 Å². The van der Waals surface area contributed by atoms with E-state index in [1.54, 1.807) is 0 Å². The van der Waals surface area contributed by atoms with Gasteiger partial charge in [0.05, 0.1) is 16.4 Å². The summed E-state index contributed by atoms with van der Waals surface area (Å²) in [6, 6.07) is 9.52. The molecular formula is C19H15ClFN3O2S. The molecule has 3 aromatic rings. The predicted molar refractivity (Wildman–Crippen MR) is 107 cm³/mol. The molecule has 1 aromatic heterocycles. The van der Waals surface area contributed by atoms with Crippen molar-refractivity contribution < 1.29 is 9.50 Å². The van der Waals surface area contributed by atoms with Crippen molar-refractivity contribution >= 4 is 35.7 Å². The van der Waals surface area contributed by atoms with Gasteiger partial charge in [-0.3, -0.25) is 19.3 Å². The van der Waals surface area contributed by atoms with E-state index in [-0.39, 0.29) is 15.4 Å². The molecule has 0 aliphatic heterocycles.